The first-order chi connectivity index (χ1) is 17.0. The molecule has 6 nitrogen and oxygen atoms in total. The van der Waals surface area contributed by atoms with Crippen molar-refractivity contribution in [1.82, 2.24) is 0 Å². The number of imide groups is 2. The van der Waals surface area contributed by atoms with Crippen LogP contribution >= 0.6 is 11.6 Å². The number of fused-ring (bicyclic) bond motifs is 4. The number of hydrogen-bond donors (Lipinski definition) is 0. The van der Waals surface area contributed by atoms with E-state index < -0.39 is 23.3 Å². The molecule has 0 radical (unpaired) electrons. The summed E-state index contributed by atoms with van der Waals surface area (Å²) >= 11 is 6.35. The number of benzene rings is 3. The van der Waals surface area contributed by atoms with Gasteiger partial charge in [-0.2, -0.15) is 0 Å². The molecule has 0 bridgehead atoms. The van der Waals surface area contributed by atoms with Crippen molar-refractivity contribution in [3.8, 4) is 0 Å². The van der Waals surface area contributed by atoms with E-state index in [9.17, 15) is 14.4 Å². The van der Waals surface area contributed by atoms with E-state index >= 15 is 0 Å². The van der Waals surface area contributed by atoms with Crippen molar-refractivity contribution in [2.24, 2.45) is 5.41 Å². The predicted molar refractivity (Wildman–Crippen MR) is 136 cm³/mol. The number of nitrogens with zero attached hydrogens (tertiary/aromatic N) is 3. The van der Waals surface area contributed by atoms with Gasteiger partial charge in [-0.15, -0.1) is 0 Å². The Bertz CT molecular complexity index is 1270. The molecule has 35 heavy (non-hydrogen) atoms. The Morgan fingerprint density at radius 3 is 1.97 bits per heavy atom. The Balaban J connectivity index is 1.59. The average Bonchev–Trinajstić information content (AvgIpc) is 2.89. The molecular weight excluding hydrogens is 462 g/mol. The second-order valence-corrected chi connectivity index (χ2v) is 9.80. The summed E-state index contributed by atoms with van der Waals surface area (Å²) in [6, 6.07) is 22.4. The summed E-state index contributed by atoms with van der Waals surface area (Å²) < 4.78 is 0. The van der Waals surface area contributed by atoms with Crippen LogP contribution in [-0.4, -0.2) is 30.4 Å². The first kappa shape index (κ1) is 21.9. The van der Waals surface area contributed by atoms with Gasteiger partial charge < -0.3 is 4.90 Å². The van der Waals surface area contributed by atoms with Gasteiger partial charge in [0.25, 0.3) is 11.8 Å². The molecule has 3 heterocycles. The van der Waals surface area contributed by atoms with Gasteiger partial charge in [0.05, 0.1) is 17.4 Å². The van der Waals surface area contributed by atoms with Crippen LogP contribution in [0.5, 0.6) is 0 Å². The SMILES string of the molecule is O=C1N(c2ccccc2)C(=O)C2(Cc3ccc(Cl)cc3N3CCCCC32)C(=O)N1c1ccccc1. The third-order valence-electron chi connectivity index (χ3n) is 7.48. The molecule has 3 aromatic carbocycles. The number of para-hydroxylation sites is 2. The van der Waals surface area contributed by atoms with Crippen molar-refractivity contribution >= 4 is 46.5 Å². The number of carbonyl (C=O) groups is 3. The summed E-state index contributed by atoms with van der Waals surface area (Å²) in [6.45, 7) is 0.727. The first-order valence-corrected chi connectivity index (χ1v) is 12.3. The lowest BCUT2D eigenvalue weighted by Gasteiger charge is -2.55. The van der Waals surface area contributed by atoms with Gasteiger partial charge in [0.15, 0.2) is 5.41 Å². The summed E-state index contributed by atoms with van der Waals surface area (Å²) in [7, 11) is 0. The molecule has 0 aromatic heterocycles. The average molecular weight is 486 g/mol. The van der Waals surface area contributed by atoms with Gasteiger partial charge in [-0.3, -0.25) is 9.59 Å². The largest absolute Gasteiger partial charge is 0.367 e. The molecule has 1 spiro atoms. The molecule has 1 atom stereocenters. The lowest BCUT2D eigenvalue weighted by molar-refractivity contribution is -0.143. The number of barbiturate groups is 1. The van der Waals surface area contributed by atoms with E-state index in [-0.39, 0.29) is 12.5 Å². The standard InChI is InChI=1S/C28H24ClN3O3/c29-20-15-14-19-18-28(24-13-7-8-16-30(24)23(19)17-20)25(33)31(21-9-3-1-4-10-21)27(35)32(26(28)34)22-11-5-2-6-12-22/h1-6,9-12,14-15,17,24H,7-8,13,16,18H2. The van der Waals surface area contributed by atoms with Gasteiger partial charge in [0.2, 0.25) is 0 Å². The maximum Gasteiger partial charge on any atom is 0.342 e. The van der Waals surface area contributed by atoms with Gasteiger partial charge in [0, 0.05) is 17.3 Å². The highest BCUT2D eigenvalue weighted by molar-refractivity contribution is 6.39. The number of urea groups is 1. The van der Waals surface area contributed by atoms with Gasteiger partial charge in [-0.1, -0.05) is 54.1 Å². The maximum atomic E-state index is 14.4. The van der Waals surface area contributed by atoms with Crippen molar-refractivity contribution < 1.29 is 14.4 Å². The van der Waals surface area contributed by atoms with Crippen molar-refractivity contribution in [3.05, 3.63) is 89.4 Å². The molecule has 3 aromatic rings. The summed E-state index contributed by atoms with van der Waals surface area (Å²) in [5, 5.41) is 0.623. The third-order valence-corrected chi connectivity index (χ3v) is 7.71. The van der Waals surface area contributed by atoms with Crippen LogP contribution < -0.4 is 14.7 Å². The second kappa shape index (κ2) is 8.24. The number of carbonyl (C=O) groups excluding carboxylic acids is 3. The van der Waals surface area contributed by atoms with Crippen molar-refractivity contribution in [2.45, 2.75) is 31.7 Å². The van der Waals surface area contributed by atoms with E-state index in [0.717, 1.165) is 30.6 Å². The fourth-order valence-corrected chi connectivity index (χ4v) is 6.08. The van der Waals surface area contributed by atoms with Crippen LogP contribution in [0, 0.1) is 5.41 Å². The lowest BCUT2D eigenvalue weighted by Crippen LogP contribution is -2.73. The quantitative estimate of drug-likeness (QED) is 0.453. The zero-order valence-corrected chi connectivity index (χ0v) is 19.8. The minimum atomic E-state index is -1.43. The van der Waals surface area contributed by atoms with E-state index in [2.05, 4.69) is 4.90 Å². The van der Waals surface area contributed by atoms with Gasteiger partial charge in [0.1, 0.15) is 0 Å². The fraction of sp³-hybridized carbons (Fsp3) is 0.250. The van der Waals surface area contributed by atoms with Crippen LogP contribution in [-0.2, 0) is 16.0 Å². The molecular formula is C28H24ClN3O3. The number of anilines is 3. The highest BCUT2D eigenvalue weighted by Crippen LogP contribution is 2.50. The number of rotatable bonds is 2. The third kappa shape index (κ3) is 3.20. The summed E-state index contributed by atoms with van der Waals surface area (Å²) in [6.07, 6.45) is 2.77. The lowest BCUT2D eigenvalue weighted by atomic mass is 9.65. The summed E-state index contributed by atoms with van der Waals surface area (Å²) in [4.78, 5) is 47.2. The maximum absolute atomic E-state index is 14.4. The van der Waals surface area contributed by atoms with Crippen LogP contribution in [0.15, 0.2) is 78.9 Å². The molecule has 1 unspecified atom stereocenters. The number of halogens is 1. The van der Waals surface area contributed by atoms with Crippen LogP contribution in [0.25, 0.3) is 0 Å². The molecule has 4 amide bonds. The minimum Gasteiger partial charge on any atom is -0.367 e. The van der Waals surface area contributed by atoms with Crippen LogP contribution in [0.3, 0.4) is 0 Å². The summed E-state index contributed by atoms with van der Waals surface area (Å²) in [5.41, 5.74) is 1.35. The van der Waals surface area contributed by atoms with E-state index in [1.54, 1.807) is 54.6 Å². The molecule has 0 N–H and O–H groups in total. The van der Waals surface area contributed by atoms with Crippen LogP contribution in [0.1, 0.15) is 24.8 Å². The minimum absolute atomic E-state index is 0.221. The Hall–Kier alpha value is -3.64. The van der Waals surface area contributed by atoms with Gasteiger partial charge in [-0.05, 0) is 67.6 Å². The molecule has 6 rings (SSSR count). The normalized spacial score (nSPS) is 21.2. The smallest absolute Gasteiger partial charge is 0.342 e. The number of amides is 4. The van der Waals surface area contributed by atoms with E-state index in [0.29, 0.717) is 22.8 Å². The number of piperidine rings is 1. The Labute approximate surface area is 208 Å². The molecule has 2 saturated heterocycles. The molecule has 176 valence electrons. The van der Waals surface area contributed by atoms with Crippen LogP contribution in [0.4, 0.5) is 21.9 Å². The highest BCUT2D eigenvalue weighted by Gasteiger charge is 2.65. The number of hydrogen-bond acceptors (Lipinski definition) is 4. The predicted octanol–water partition coefficient (Wildman–Crippen LogP) is 5.44. The Morgan fingerprint density at radius 1 is 0.771 bits per heavy atom. The van der Waals surface area contributed by atoms with E-state index in [4.69, 9.17) is 11.6 Å². The zero-order valence-electron chi connectivity index (χ0n) is 19.1. The molecule has 0 saturated carbocycles. The molecule has 0 aliphatic carbocycles. The van der Waals surface area contributed by atoms with Crippen molar-refractivity contribution in [3.63, 3.8) is 0 Å². The molecule has 3 aliphatic rings. The van der Waals surface area contributed by atoms with Crippen molar-refractivity contribution in [1.29, 1.82) is 0 Å². The molecule has 3 aliphatic heterocycles. The summed E-state index contributed by atoms with van der Waals surface area (Å²) in [5.74, 6) is -0.910. The Kier molecular flexibility index (Phi) is 5.15. The zero-order chi connectivity index (χ0) is 24.2. The van der Waals surface area contributed by atoms with E-state index in [1.165, 1.54) is 9.80 Å². The fourth-order valence-electron chi connectivity index (χ4n) is 5.91. The second-order valence-electron chi connectivity index (χ2n) is 9.36. The van der Waals surface area contributed by atoms with Gasteiger partial charge in [-0.25, -0.2) is 14.6 Å². The topological polar surface area (TPSA) is 60.9 Å². The van der Waals surface area contributed by atoms with Crippen LogP contribution in [0.2, 0.25) is 5.02 Å². The molecule has 7 heteroatoms. The highest BCUT2D eigenvalue weighted by atomic mass is 35.5. The van der Waals surface area contributed by atoms with Crippen molar-refractivity contribution in [2.75, 3.05) is 21.2 Å². The first-order valence-electron chi connectivity index (χ1n) is 11.9. The van der Waals surface area contributed by atoms with Gasteiger partial charge >= 0.3 is 6.03 Å². The monoisotopic (exact) mass is 485 g/mol. The Morgan fingerprint density at radius 2 is 1.37 bits per heavy atom. The van der Waals surface area contributed by atoms with E-state index in [1.807, 2.05) is 24.3 Å². The molecule has 2 fully saturated rings.